The maximum Gasteiger partial charge on any atom is 0.349 e. The van der Waals surface area contributed by atoms with Crippen LogP contribution in [-0.2, 0) is 27.4 Å². The molecule has 4 rings (SSSR count). The summed E-state index contributed by atoms with van der Waals surface area (Å²) in [7, 11) is 1.20. The van der Waals surface area contributed by atoms with Gasteiger partial charge in [-0.05, 0) is 42.8 Å². The molecule has 37 heavy (non-hydrogen) atoms. The SMILES string of the molecule is COC(=O)C(CSc1ccc(Br)cc1)n1c(=O)n2n(c1=O)C(C(=O)NCc1ccc(N)nc1C)C=CC2. The Morgan fingerprint density at radius 3 is 2.62 bits per heavy atom. The number of hydrogen-bond donors (Lipinski definition) is 2. The average molecular weight is 589 g/mol. The fourth-order valence-electron chi connectivity index (χ4n) is 3.96. The smallest absolute Gasteiger partial charge is 0.349 e. The maximum atomic E-state index is 13.5. The lowest BCUT2D eigenvalue weighted by molar-refractivity contribution is -0.144. The summed E-state index contributed by atoms with van der Waals surface area (Å²) in [6.45, 7) is 2.02. The lowest BCUT2D eigenvalue weighted by atomic mass is 10.2. The molecule has 2 aromatic heterocycles. The number of rotatable bonds is 8. The first-order chi connectivity index (χ1) is 17.7. The number of benzene rings is 1. The summed E-state index contributed by atoms with van der Waals surface area (Å²) in [6, 6.07) is 8.55. The van der Waals surface area contributed by atoms with Crippen LogP contribution < -0.4 is 22.4 Å². The van der Waals surface area contributed by atoms with Gasteiger partial charge in [-0.1, -0.05) is 34.1 Å². The van der Waals surface area contributed by atoms with Crippen LogP contribution in [0.5, 0.6) is 0 Å². The number of nitrogen functional groups attached to an aromatic ring is 1. The number of anilines is 1. The Morgan fingerprint density at radius 2 is 1.95 bits per heavy atom. The van der Waals surface area contributed by atoms with E-state index in [1.807, 2.05) is 24.3 Å². The molecule has 0 fully saturated rings. The first kappa shape index (κ1) is 26.5. The van der Waals surface area contributed by atoms with Gasteiger partial charge < -0.3 is 15.8 Å². The summed E-state index contributed by atoms with van der Waals surface area (Å²) in [6.07, 6.45) is 3.19. The third-order valence-corrected chi connectivity index (χ3v) is 7.51. The zero-order valence-electron chi connectivity index (χ0n) is 20.1. The fraction of sp³-hybridized carbons (Fsp3) is 0.292. The first-order valence-corrected chi connectivity index (χ1v) is 13.1. The monoisotopic (exact) mass is 588 g/mol. The number of aryl methyl sites for hydroxylation is 1. The van der Waals surface area contributed by atoms with E-state index in [-0.39, 0.29) is 18.8 Å². The third-order valence-electron chi connectivity index (χ3n) is 5.89. The zero-order chi connectivity index (χ0) is 26.7. The van der Waals surface area contributed by atoms with Crippen molar-refractivity contribution in [2.75, 3.05) is 18.6 Å². The number of esters is 1. The molecule has 0 saturated heterocycles. The van der Waals surface area contributed by atoms with Crippen LogP contribution in [-0.4, -0.2) is 43.7 Å². The molecular weight excluding hydrogens is 564 g/mol. The van der Waals surface area contributed by atoms with E-state index in [0.717, 1.165) is 28.9 Å². The van der Waals surface area contributed by atoms with Gasteiger partial charge in [0.25, 0.3) is 0 Å². The molecule has 0 aliphatic carbocycles. The van der Waals surface area contributed by atoms with Crippen molar-refractivity contribution in [3.05, 3.63) is 85.2 Å². The Kier molecular flexibility index (Phi) is 8.03. The first-order valence-electron chi connectivity index (χ1n) is 11.3. The minimum Gasteiger partial charge on any atom is -0.467 e. The van der Waals surface area contributed by atoms with Gasteiger partial charge in [0, 0.05) is 27.4 Å². The van der Waals surface area contributed by atoms with E-state index in [9.17, 15) is 19.2 Å². The van der Waals surface area contributed by atoms with Crippen LogP contribution >= 0.6 is 27.7 Å². The van der Waals surface area contributed by atoms with Crippen molar-refractivity contribution in [3.63, 3.8) is 0 Å². The van der Waals surface area contributed by atoms with Gasteiger partial charge in [-0.3, -0.25) is 4.79 Å². The summed E-state index contributed by atoms with van der Waals surface area (Å²) in [5.74, 6) is -0.758. The van der Waals surface area contributed by atoms with Crippen molar-refractivity contribution in [2.45, 2.75) is 37.0 Å². The number of allylic oxidation sites excluding steroid dienone is 1. The number of nitrogens with two attached hydrogens (primary N) is 1. The molecule has 11 nitrogen and oxygen atoms in total. The van der Waals surface area contributed by atoms with Gasteiger partial charge in [-0.15, -0.1) is 11.8 Å². The minimum absolute atomic E-state index is 0.0829. The zero-order valence-corrected chi connectivity index (χ0v) is 22.5. The fourth-order valence-corrected chi connectivity index (χ4v) is 5.18. The summed E-state index contributed by atoms with van der Waals surface area (Å²) in [5, 5.41) is 2.79. The standard InChI is InChI=1S/C24H25BrN6O5S/c1-14-15(5-10-20(26)28-14)12-27-21(32)18-4-3-11-29-23(34)30(24(35)31(18)29)19(22(33)36-2)13-37-17-8-6-16(25)7-9-17/h3-10,18-19H,11-13H2,1-2H3,(H2,26,28)(H,27,32). The van der Waals surface area contributed by atoms with Crippen LogP contribution in [0.25, 0.3) is 0 Å². The molecule has 0 radical (unpaired) electrons. The number of carbonyl (C=O) groups is 2. The van der Waals surface area contributed by atoms with Crippen LogP contribution in [0.4, 0.5) is 5.82 Å². The van der Waals surface area contributed by atoms with E-state index in [0.29, 0.717) is 11.5 Å². The second-order valence-electron chi connectivity index (χ2n) is 8.24. The topological polar surface area (TPSA) is 143 Å². The highest BCUT2D eigenvalue weighted by Crippen LogP contribution is 2.25. The largest absolute Gasteiger partial charge is 0.467 e. The molecule has 1 aromatic carbocycles. The number of nitrogens with one attached hydrogen (secondary N) is 1. The number of amides is 1. The second-order valence-corrected chi connectivity index (χ2v) is 10.2. The molecule has 0 bridgehead atoms. The van der Waals surface area contributed by atoms with Crippen LogP contribution in [0.3, 0.4) is 0 Å². The van der Waals surface area contributed by atoms with Gasteiger partial charge in [0.15, 0.2) is 6.04 Å². The Morgan fingerprint density at radius 1 is 1.22 bits per heavy atom. The molecule has 3 N–H and O–H groups in total. The molecule has 13 heteroatoms. The number of halogens is 1. The lowest BCUT2D eigenvalue weighted by Gasteiger charge is -2.20. The maximum absolute atomic E-state index is 13.5. The molecule has 3 heterocycles. The predicted octanol–water partition coefficient (Wildman–Crippen LogP) is 1.79. The van der Waals surface area contributed by atoms with Gasteiger partial charge in [0.2, 0.25) is 5.91 Å². The quantitative estimate of drug-likeness (QED) is 0.230. The lowest BCUT2D eigenvalue weighted by Crippen LogP contribution is -2.41. The normalized spacial score (nSPS) is 15.2. The summed E-state index contributed by atoms with van der Waals surface area (Å²) in [5.41, 5.74) is 5.65. The van der Waals surface area contributed by atoms with Crippen LogP contribution in [0, 0.1) is 6.92 Å². The molecule has 2 unspecified atom stereocenters. The Balaban J connectivity index is 1.61. The molecule has 194 valence electrons. The van der Waals surface area contributed by atoms with Crippen molar-refractivity contribution in [1.29, 1.82) is 0 Å². The van der Waals surface area contributed by atoms with Crippen molar-refractivity contribution >= 4 is 45.4 Å². The molecule has 1 amide bonds. The van der Waals surface area contributed by atoms with E-state index in [2.05, 4.69) is 26.2 Å². The Labute approximate surface area is 224 Å². The van der Waals surface area contributed by atoms with Crippen LogP contribution in [0.1, 0.15) is 23.3 Å². The van der Waals surface area contributed by atoms with Crippen molar-refractivity contribution in [2.24, 2.45) is 0 Å². The summed E-state index contributed by atoms with van der Waals surface area (Å²) >= 11 is 4.68. The Bertz CT molecular complexity index is 1480. The van der Waals surface area contributed by atoms with Crippen LogP contribution in [0.15, 0.2) is 67.5 Å². The number of thioether (sulfide) groups is 1. The van der Waals surface area contributed by atoms with E-state index in [4.69, 9.17) is 10.5 Å². The van der Waals surface area contributed by atoms with E-state index in [1.54, 1.807) is 31.2 Å². The molecule has 0 spiro atoms. The molecule has 1 aliphatic heterocycles. The number of fused-ring (bicyclic) bond motifs is 1. The number of aromatic nitrogens is 4. The van der Waals surface area contributed by atoms with Gasteiger partial charge in [-0.25, -0.2) is 33.3 Å². The molecule has 0 saturated carbocycles. The summed E-state index contributed by atoms with van der Waals surface area (Å²) in [4.78, 5) is 57.5. The van der Waals surface area contributed by atoms with E-state index < -0.39 is 35.3 Å². The van der Waals surface area contributed by atoms with Crippen LogP contribution in [0.2, 0.25) is 0 Å². The number of pyridine rings is 1. The van der Waals surface area contributed by atoms with Crippen molar-refractivity contribution in [3.8, 4) is 0 Å². The van der Waals surface area contributed by atoms with E-state index in [1.165, 1.54) is 18.9 Å². The highest BCUT2D eigenvalue weighted by atomic mass is 79.9. The predicted molar refractivity (Wildman–Crippen MR) is 142 cm³/mol. The number of carbonyl (C=O) groups excluding carboxylic acids is 2. The number of nitrogens with zero attached hydrogens (tertiary/aromatic N) is 4. The van der Waals surface area contributed by atoms with Gasteiger partial charge in [-0.2, -0.15) is 0 Å². The van der Waals surface area contributed by atoms with Gasteiger partial charge in [0.1, 0.15) is 11.9 Å². The van der Waals surface area contributed by atoms with Crippen molar-refractivity contribution in [1.82, 2.24) is 24.2 Å². The minimum atomic E-state index is -1.18. The third kappa shape index (κ3) is 5.57. The second kappa shape index (κ2) is 11.2. The molecule has 3 aromatic rings. The number of methoxy groups -OCH3 is 1. The summed E-state index contributed by atoms with van der Waals surface area (Å²) < 4.78 is 8.90. The van der Waals surface area contributed by atoms with Gasteiger partial charge >= 0.3 is 17.3 Å². The molecule has 1 aliphatic rings. The number of ether oxygens (including phenoxy) is 1. The molecule has 2 atom stereocenters. The Hall–Kier alpha value is -3.58. The van der Waals surface area contributed by atoms with Gasteiger partial charge in [0.05, 0.1) is 13.7 Å². The molecular formula is C24H25BrN6O5S. The number of hydrogen-bond acceptors (Lipinski definition) is 8. The highest BCUT2D eigenvalue weighted by Gasteiger charge is 2.33. The van der Waals surface area contributed by atoms with E-state index >= 15 is 0 Å². The highest BCUT2D eigenvalue weighted by molar-refractivity contribution is 9.10. The van der Waals surface area contributed by atoms with Crippen molar-refractivity contribution < 1.29 is 14.3 Å². The average Bonchev–Trinajstić information content (AvgIpc) is 3.14.